The molecule has 0 aromatic carbocycles. The second-order valence-electron chi connectivity index (χ2n) is 3.23. The standard InChI is InChI=1S/C9H18N2O/c1-4-11-6-8(3)9(7-11)10-12-5-2/h8H,4-7H2,1-3H3/b10-9+. The number of rotatable bonds is 3. The van der Waals surface area contributed by atoms with Gasteiger partial charge in [0.15, 0.2) is 0 Å². The summed E-state index contributed by atoms with van der Waals surface area (Å²) >= 11 is 0. The van der Waals surface area contributed by atoms with Crippen LogP contribution in [0.5, 0.6) is 0 Å². The normalized spacial score (nSPS) is 28.2. The summed E-state index contributed by atoms with van der Waals surface area (Å²) in [6, 6.07) is 0. The van der Waals surface area contributed by atoms with Crippen molar-refractivity contribution in [1.82, 2.24) is 4.90 Å². The van der Waals surface area contributed by atoms with Crippen LogP contribution >= 0.6 is 0 Å². The Morgan fingerprint density at radius 2 is 2.33 bits per heavy atom. The lowest BCUT2D eigenvalue weighted by Crippen LogP contribution is -2.19. The first-order chi connectivity index (χ1) is 5.77. The van der Waals surface area contributed by atoms with E-state index in [9.17, 15) is 0 Å². The molecule has 1 atom stereocenters. The summed E-state index contributed by atoms with van der Waals surface area (Å²) in [4.78, 5) is 7.42. The van der Waals surface area contributed by atoms with Gasteiger partial charge in [0.1, 0.15) is 6.61 Å². The minimum Gasteiger partial charge on any atom is -0.396 e. The van der Waals surface area contributed by atoms with Gasteiger partial charge in [-0.15, -0.1) is 0 Å². The maximum atomic E-state index is 5.04. The molecule has 0 N–H and O–H groups in total. The molecule has 0 spiro atoms. The lowest BCUT2D eigenvalue weighted by Gasteiger charge is -2.08. The van der Waals surface area contributed by atoms with Crippen molar-refractivity contribution < 1.29 is 4.84 Å². The van der Waals surface area contributed by atoms with E-state index in [1.807, 2.05) is 6.92 Å². The van der Waals surface area contributed by atoms with Crippen LogP contribution in [0.4, 0.5) is 0 Å². The molecule has 0 saturated carbocycles. The second-order valence-corrected chi connectivity index (χ2v) is 3.23. The number of hydrogen-bond acceptors (Lipinski definition) is 3. The van der Waals surface area contributed by atoms with Crippen molar-refractivity contribution in [2.75, 3.05) is 26.2 Å². The minimum atomic E-state index is 0.566. The van der Waals surface area contributed by atoms with Crippen molar-refractivity contribution in [3.63, 3.8) is 0 Å². The lowest BCUT2D eigenvalue weighted by atomic mass is 10.1. The molecule has 0 amide bonds. The molecule has 1 rings (SSSR count). The maximum Gasteiger partial charge on any atom is 0.114 e. The van der Waals surface area contributed by atoms with Gasteiger partial charge in [-0.3, -0.25) is 4.90 Å². The van der Waals surface area contributed by atoms with E-state index in [2.05, 4.69) is 23.9 Å². The van der Waals surface area contributed by atoms with Crippen LogP contribution < -0.4 is 0 Å². The monoisotopic (exact) mass is 170 g/mol. The second kappa shape index (κ2) is 4.45. The largest absolute Gasteiger partial charge is 0.396 e. The van der Waals surface area contributed by atoms with Gasteiger partial charge in [-0.1, -0.05) is 19.0 Å². The first-order valence-electron chi connectivity index (χ1n) is 4.69. The van der Waals surface area contributed by atoms with E-state index in [1.54, 1.807) is 0 Å². The minimum absolute atomic E-state index is 0.566. The van der Waals surface area contributed by atoms with Crippen LogP contribution in [0.2, 0.25) is 0 Å². The Labute approximate surface area is 74.4 Å². The lowest BCUT2D eigenvalue weighted by molar-refractivity contribution is 0.157. The van der Waals surface area contributed by atoms with Crippen LogP contribution in [0.1, 0.15) is 20.8 Å². The highest BCUT2D eigenvalue weighted by Crippen LogP contribution is 2.12. The smallest absolute Gasteiger partial charge is 0.114 e. The van der Waals surface area contributed by atoms with Gasteiger partial charge in [-0.25, -0.2) is 0 Å². The molecule has 1 aliphatic rings. The molecule has 1 saturated heterocycles. The number of nitrogens with zero attached hydrogens (tertiary/aromatic N) is 2. The Kier molecular flexibility index (Phi) is 3.53. The SMILES string of the molecule is CCO/N=C1\CN(CC)CC1C. The predicted octanol–water partition coefficient (Wildman–Crippen LogP) is 1.35. The first kappa shape index (κ1) is 9.52. The quantitative estimate of drug-likeness (QED) is 0.597. The molecule has 1 aliphatic heterocycles. The van der Waals surface area contributed by atoms with Crippen molar-refractivity contribution in [2.24, 2.45) is 11.1 Å². The zero-order valence-corrected chi connectivity index (χ0v) is 8.21. The molecule has 0 aromatic rings. The van der Waals surface area contributed by atoms with Gasteiger partial charge in [0.25, 0.3) is 0 Å². The third-order valence-corrected chi connectivity index (χ3v) is 2.24. The van der Waals surface area contributed by atoms with Gasteiger partial charge in [-0.2, -0.15) is 0 Å². The Balaban J connectivity index is 2.45. The zero-order chi connectivity index (χ0) is 8.97. The van der Waals surface area contributed by atoms with E-state index in [0.717, 1.165) is 19.6 Å². The van der Waals surface area contributed by atoms with Gasteiger partial charge in [-0.05, 0) is 13.5 Å². The fourth-order valence-electron chi connectivity index (χ4n) is 1.45. The maximum absolute atomic E-state index is 5.04. The summed E-state index contributed by atoms with van der Waals surface area (Å²) in [5.74, 6) is 0.566. The molecular weight excluding hydrogens is 152 g/mol. The number of likely N-dealkylation sites (tertiary alicyclic amines) is 1. The van der Waals surface area contributed by atoms with Crippen molar-refractivity contribution >= 4 is 5.71 Å². The van der Waals surface area contributed by atoms with E-state index >= 15 is 0 Å². The average Bonchev–Trinajstić information content (AvgIpc) is 2.43. The predicted molar refractivity (Wildman–Crippen MR) is 50.3 cm³/mol. The highest BCUT2D eigenvalue weighted by molar-refractivity contribution is 5.89. The third kappa shape index (κ3) is 2.21. The number of hydrogen-bond donors (Lipinski definition) is 0. The van der Waals surface area contributed by atoms with Gasteiger partial charge in [0.2, 0.25) is 0 Å². The van der Waals surface area contributed by atoms with Crippen LogP contribution in [-0.4, -0.2) is 36.9 Å². The van der Waals surface area contributed by atoms with E-state index in [0.29, 0.717) is 12.5 Å². The average molecular weight is 170 g/mol. The fourth-order valence-corrected chi connectivity index (χ4v) is 1.45. The summed E-state index contributed by atoms with van der Waals surface area (Å²) in [6.07, 6.45) is 0. The van der Waals surface area contributed by atoms with E-state index in [-0.39, 0.29) is 0 Å². The van der Waals surface area contributed by atoms with Crippen molar-refractivity contribution in [1.29, 1.82) is 0 Å². The molecule has 0 aliphatic carbocycles. The molecule has 3 heteroatoms. The topological polar surface area (TPSA) is 24.8 Å². The molecule has 70 valence electrons. The van der Waals surface area contributed by atoms with Gasteiger partial charge < -0.3 is 4.84 Å². The highest BCUT2D eigenvalue weighted by atomic mass is 16.6. The van der Waals surface area contributed by atoms with Crippen LogP contribution in [-0.2, 0) is 4.84 Å². The summed E-state index contributed by atoms with van der Waals surface area (Å²) in [7, 11) is 0. The zero-order valence-electron chi connectivity index (χ0n) is 8.21. The highest BCUT2D eigenvalue weighted by Gasteiger charge is 2.24. The summed E-state index contributed by atoms with van der Waals surface area (Å²) < 4.78 is 0. The number of oxime groups is 1. The molecule has 12 heavy (non-hydrogen) atoms. The van der Waals surface area contributed by atoms with Crippen LogP contribution in [0.25, 0.3) is 0 Å². The molecule has 0 aromatic heterocycles. The fraction of sp³-hybridized carbons (Fsp3) is 0.889. The van der Waals surface area contributed by atoms with Crippen molar-refractivity contribution in [2.45, 2.75) is 20.8 Å². The van der Waals surface area contributed by atoms with E-state index in [4.69, 9.17) is 4.84 Å². The summed E-state index contributed by atoms with van der Waals surface area (Å²) in [5, 5.41) is 4.10. The Morgan fingerprint density at radius 3 is 2.83 bits per heavy atom. The Bertz CT molecular complexity index is 168. The molecule has 1 unspecified atom stereocenters. The molecule has 0 bridgehead atoms. The third-order valence-electron chi connectivity index (χ3n) is 2.24. The molecule has 1 fully saturated rings. The molecule has 1 heterocycles. The Hall–Kier alpha value is -0.570. The van der Waals surface area contributed by atoms with Gasteiger partial charge in [0.05, 0.1) is 5.71 Å². The molecular formula is C9H18N2O. The van der Waals surface area contributed by atoms with Crippen molar-refractivity contribution in [3.05, 3.63) is 0 Å². The Morgan fingerprint density at radius 1 is 1.58 bits per heavy atom. The molecule has 0 radical (unpaired) electrons. The van der Waals surface area contributed by atoms with E-state index in [1.165, 1.54) is 5.71 Å². The summed E-state index contributed by atoms with van der Waals surface area (Å²) in [6.45, 7) is 10.2. The van der Waals surface area contributed by atoms with E-state index < -0.39 is 0 Å². The van der Waals surface area contributed by atoms with Crippen molar-refractivity contribution in [3.8, 4) is 0 Å². The van der Waals surface area contributed by atoms with Crippen LogP contribution in [0, 0.1) is 5.92 Å². The van der Waals surface area contributed by atoms with Gasteiger partial charge in [0, 0.05) is 19.0 Å². The van der Waals surface area contributed by atoms with Crippen LogP contribution in [0.15, 0.2) is 5.16 Å². The first-order valence-corrected chi connectivity index (χ1v) is 4.69. The van der Waals surface area contributed by atoms with Gasteiger partial charge >= 0.3 is 0 Å². The van der Waals surface area contributed by atoms with Crippen LogP contribution in [0.3, 0.4) is 0 Å². The molecule has 3 nitrogen and oxygen atoms in total. The summed E-state index contributed by atoms with van der Waals surface area (Å²) in [5.41, 5.74) is 1.19.